The van der Waals surface area contributed by atoms with Crippen molar-refractivity contribution in [2.45, 2.75) is 31.4 Å². The summed E-state index contributed by atoms with van der Waals surface area (Å²) >= 11 is 0. The average molecular weight is 216 g/mol. The highest BCUT2D eigenvalue weighted by atomic mass is 16.5. The number of nitrogens with one attached hydrogen (secondary N) is 2. The molecule has 0 saturated carbocycles. The number of aliphatic hydroxyl groups is 1. The molecule has 2 atom stereocenters. The Hall–Kier alpha value is -0.650. The number of rotatable bonds is 4. The molecule has 1 saturated heterocycles. The lowest BCUT2D eigenvalue weighted by Gasteiger charge is -2.29. The van der Waals surface area contributed by atoms with Crippen molar-refractivity contribution in [3.8, 4) is 0 Å². The van der Waals surface area contributed by atoms with E-state index < -0.39 is 11.6 Å². The normalized spacial score (nSPS) is 29.9. The highest BCUT2D eigenvalue weighted by molar-refractivity contribution is 5.78. The first-order valence-corrected chi connectivity index (χ1v) is 5.16. The number of hydrogen-bond acceptors (Lipinski definition) is 5. The molecule has 5 nitrogen and oxygen atoms in total. The molecule has 0 bridgehead atoms. The minimum absolute atomic E-state index is 0.0436. The lowest BCUT2D eigenvalue weighted by molar-refractivity contribution is -0.160. The summed E-state index contributed by atoms with van der Waals surface area (Å²) in [5, 5.41) is 16.2. The van der Waals surface area contributed by atoms with Crippen molar-refractivity contribution >= 4 is 5.97 Å². The molecule has 88 valence electrons. The van der Waals surface area contributed by atoms with Crippen molar-refractivity contribution < 1.29 is 14.6 Å². The minimum Gasteiger partial charge on any atom is -0.467 e. The zero-order valence-electron chi connectivity index (χ0n) is 9.59. The van der Waals surface area contributed by atoms with Gasteiger partial charge in [-0.1, -0.05) is 0 Å². The molecule has 0 aliphatic carbocycles. The highest BCUT2D eigenvalue weighted by Gasteiger charge is 2.35. The summed E-state index contributed by atoms with van der Waals surface area (Å²) in [4.78, 5) is 11.2. The molecule has 0 aromatic rings. The van der Waals surface area contributed by atoms with Crippen LogP contribution in [0.2, 0.25) is 0 Å². The Morgan fingerprint density at radius 2 is 2.40 bits per heavy atom. The SMILES string of the molecule is COC(=O)C(C)(O)CNC1(C)CCNC1. The number of ether oxygens (including phenoxy) is 1. The van der Waals surface area contributed by atoms with E-state index in [0.29, 0.717) is 0 Å². The standard InChI is InChI=1S/C10H20N2O3/c1-9(4-5-11-6-9)12-7-10(2,14)8(13)15-3/h11-12,14H,4-7H2,1-3H3. The molecule has 2 unspecified atom stereocenters. The van der Waals surface area contributed by atoms with Gasteiger partial charge in [0.2, 0.25) is 0 Å². The van der Waals surface area contributed by atoms with Crippen LogP contribution in [0, 0.1) is 0 Å². The van der Waals surface area contributed by atoms with Crippen molar-refractivity contribution in [2.24, 2.45) is 0 Å². The molecule has 3 N–H and O–H groups in total. The van der Waals surface area contributed by atoms with Gasteiger partial charge in [0.25, 0.3) is 0 Å². The fourth-order valence-corrected chi connectivity index (χ4v) is 1.65. The smallest absolute Gasteiger partial charge is 0.338 e. The molecule has 0 spiro atoms. The van der Waals surface area contributed by atoms with Crippen molar-refractivity contribution in [3.63, 3.8) is 0 Å². The Morgan fingerprint density at radius 3 is 2.87 bits per heavy atom. The maximum absolute atomic E-state index is 11.2. The van der Waals surface area contributed by atoms with Gasteiger partial charge in [0.05, 0.1) is 7.11 Å². The van der Waals surface area contributed by atoms with E-state index in [2.05, 4.69) is 22.3 Å². The number of β-amino-alcohol motifs (C(OH)–C–C–N with tert-alkyl or cyclic N) is 1. The van der Waals surface area contributed by atoms with Gasteiger partial charge in [-0.15, -0.1) is 0 Å². The summed E-state index contributed by atoms with van der Waals surface area (Å²) in [6.07, 6.45) is 0.990. The molecule has 1 heterocycles. The first-order valence-electron chi connectivity index (χ1n) is 5.16. The van der Waals surface area contributed by atoms with Crippen LogP contribution in [0.25, 0.3) is 0 Å². The third kappa shape index (κ3) is 3.15. The van der Waals surface area contributed by atoms with Gasteiger partial charge in [0.1, 0.15) is 0 Å². The molecule has 0 amide bonds. The second-order valence-electron chi connectivity index (χ2n) is 4.61. The van der Waals surface area contributed by atoms with Crippen LogP contribution < -0.4 is 10.6 Å². The molecule has 0 radical (unpaired) electrons. The molecule has 1 fully saturated rings. The Bertz CT molecular complexity index is 235. The van der Waals surface area contributed by atoms with Crippen LogP contribution in [0.15, 0.2) is 0 Å². The van der Waals surface area contributed by atoms with E-state index in [-0.39, 0.29) is 12.1 Å². The highest BCUT2D eigenvalue weighted by Crippen LogP contribution is 2.15. The van der Waals surface area contributed by atoms with Gasteiger partial charge in [-0.2, -0.15) is 0 Å². The van der Waals surface area contributed by atoms with Crippen molar-refractivity contribution in [2.75, 3.05) is 26.7 Å². The fourth-order valence-electron chi connectivity index (χ4n) is 1.65. The summed E-state index contributed by atoms with van der Waals surface area (Å²) in [5.41, 5.74) is -1.50. The van der Waals surface area contributed by atoms with Gasteiger partial charge in [0.15, 0.2) is 5.60 Å². The van der Waals surface area contributed by atoms with Crippen LogP contribution in [0.1, 0.15) is 20.3 Å². The first kappa shape index (κ1) is 12.4. The Kier molecular flexibility index (Phi) is 3.70. The maximum atomic E-state index is 11.2. The van der Waals surface area contributed by atoms with Crippen molar-refractivity contribution in [1.29, 1.82) is 0 Å². The van der Waals surface area contributed by atoms with E-state index >= 15 is 0 Å². The zero-order chi connectivity index (χ0) is 11.5. The predicted molar refractivity (Wildman–Crippen MR) is 56.5 cm³/mol. The van der Waals surface area contributed by atoms with Gasteiger partial charge < -0.3 is 20.5 Å². The third-order valence-electron chi connectivity index (χ3n) is 2.85. The zero-order valence-corrected chi connectivity index (χ0v) is 9.59. The van der Waals surface area contributed by atoms with Crippen LogP contribution in [0.4, 0.5) is 0 Å². The number of carbonyl (C=O) groups excluding carboxylic acids is 1. The Labute approximate surface area is 90.2 Å². The quantitative estimate of drug-likeness (QED) is 0.540. The molecule has 0 aromatic heterocycles. The van der Waals surface area contributed by atoms with Crippen molar-refractivity contribution in [1.82, 2.24) is 10.6 Å². The molecule has 5 heteroatoms. The maximum Gasteiger partial charge on any atom is 0.338 e. The summed E-state index contributed by atoms with van der Waals surface area (Å²) < 4.78 is 4.52. The molecular formula is C10H20N2O3. The largest absolute Gasteiger partial charge is 0.467 e. The molecule has 0 aromatic carbocycles. The van der Waals surface area contributed by atoms with E-state index in [4.69, 9.17) is 0 Å². The summed E-state index contributed by atoms with van der Waals surface area (Å²) in [7, 11) is 1.27. The molecular weight excluding hydrogens is 196 g/mol. The van der Waals surface area contributed by atoms with Gasteiger partial charge in [-0.3, -0.25) is 0 Å². The monoisotopic (exact) mass is 216 g/mol. The molecule has 1 aliphatic rings. The lowest BCUT2D eigenvalue weighted by Crippen LogP contribution is -2.53. The van der Waals surface area contributed by atoms with Crippen LogP contribution in [0.3, 0.4) is 0 Å². The number of esters is 1. The van der Waals surface area contributed by atoms with Gasteiger partial charge in [-0.25, -0.2) is 4.79 Å². The first-order chi connectivity index (χ1) is 6.90. The number of hydrogen-bond donors (Lipinski definition) is 3. The second kappa shape index (κ2) is 4.47. The van der Waals surface area contributed by atoms with E-state index in [1.54, 1.807) is 0 Å². The Morgan fingerprint density at radius 1 is 1.73 bits per heavy atom. The summed E-state index contributed by atoms with van der Waals surface area (Å²) in [6.45, 7) is 5.55. The van der Waals surface area contributed by atoms with E-state index in [1.807, 2.05) is 0 Å². The average Bonchev–Trinajstić information content (AvgIpc) is 2.62. The summed E-state index contributed by atoms with van der Waals surface area (Å²) in [5.74, 6) is -0.607. The van der Waals surface area contributed by atoms with E-state index in [9.17, 15) is 9.90 Å². The second-order valence-corrected chi connectivity index (χ2v) is 4.61. The van der Waals surface area contributed by atoms with E-state index in [0.717, 1.165) is 19.5 Å². The minimum atomic E-state index is -1.46. The molecule has 15 heavy (non-hydrogen) atoms. The van der Waals surface area contributed by atoms with Crippen LogP contribution in [0.5, 0.6) is 0 Å². The van der Waals surface area contributed by atoms with Gasteiger partial charge in [-0.05, 0) is 26.8 Å². The third-order valence-corrected chi connectivity index (χ3v) is 2.85. The van der Waals surface area contributed by atoms with Crippen LogP contribution in [-0.2, 0) is 9.53 Å². The van der Waals surface area contributed by atoms with Crippen LogP contribution in [-0.4, -0.2) is 49.0 Å². The molecule has 1 rings (SSSR count). The molecule has 1 aliphatic heterocycles. The topological polar surface area (TPSA) is 70.6 Å². The lowest BCUT2D eigenvalue weighted by atomic mass is 9.99. The number of carbonyl (C=O) groups is 1. The number of methoxy groups -OCH3 is 1. The Balaban J connectivity index is 2.44. The fraction of sp³-hybridized carbons (Fsp3) is 0.900. The van der Waals surface area contributed by atoms with E-state index in [1.165, 1.54) is 14.0 Å². The van der Waals surface area contributed by atoms with Gasteiger partial charge >= 0.3 is 5.97 Å². The predicted octanol–water partition coefficient (Wildman–Crippen LogP) is -0.748. The van der Waals surface area contributed by atoms with Crippen molar-refractivity contribution in [3.05, 3.63) is 0 Å². The summed E-state index contributed by atoms with van der Waals surface area (Å²) in [6, 6.07) is 0. The van der Waals surface area contributed by atoms with Gasteiger partial charge in [0, 0.05) is 18.6 Å². The van der Waals surface area contributed by atoms with Crippen LogP contribution >= 0.6 is 0 Å².